The van der Waals surface area contributed by atoms with Crippen LogP contribution in [0.15, 0.2) is 11.6 Å². The molecule has 0 aromatic carbocycles. The van der Waals surface area contributed by atoms with Gasteiger partial charge in [0, 0.05) is 0 Å². The van der Waals surface area contributed by atoms with Crippen molar-refractivity contribution in [3.63, 3.8) is 0 Å². The van der Waals surface area contributed by atoms with Crippen LogP contribution in [0, 0.1) is 35.5 Å². The molecule has 0 amide bonds. The quantitative estimate of drug-likeness (QED) is 0.329. The molecule has 6 atom stereocenters. The normalized spacial score (nSPS) is 32.4. The summed E-state index contributed by atoms with van der Waals surface area (Å²) in [6.45, 7) is 12.5. The van der Waals surface area contributed by atoms with E-state index in [2.05, 4.69) is 40.7 Å². The molecule has 212 valence electrons. The summed E-state index contributed by atoms with van der Waals surface area (Å²) in [4.78, 5) is 0. The van der Waals surface area contributed by atoms with Crippen molar-refractivity contribution in [3.8, 4) is 0 Å². The Morgan fingerprint density at radius 2 is 1.25 bits per heavy atom. The molecule has 6 unspecified atom stereocenters. The first-order valence-electron chi connectivity index (χ1n) is 17.3. The third-order valence-corrected chi connectivity index (χ3v) is 10.1. The Bertz CT molecular complexity index is 544. The Kier molecular flexibility index (Phi) is 17.5. The molecule has 0 N–H and O–H groups in total. The SMILES string of the molecule is CCCC(C)C1CCC(C)CCCCCC2CC2=CC(C)CCCCCCCCCCCC1CCC. The lowest BCUT2D eigenvalue weighted by Gasteiger charge is -2.33. The molecule has 0 aromatic heterocycles. The number of allylic oxidation sites excluding steroid dienone is 2. The number of fused-ring (bicyclic) bond motifs is 1. The summed E-state index contributed by atoms with van der Waals surface area (Å²) in [6.07, 6.45) is 36.3. The molecule has 2 aliphatic rings. The van der Waals surface area contributed by atoms with Crippen molar-refractivity contribution in [1.82, 2.24) is 0 Å². The van der Waals surface area contributed by atoms with Gasteiger partial charge in [-0.3, -0.25) is 0 Å². The van der Waals surface area contributed by atoms with Gasteiger partial charge in [-0.2, -0.15) is 0 Å². The fraction of sp³-hybridized carbons (Fsp3) is 0.944. The van der Waals surface area contributed by atoms with Crippen LogP contribution in [0.1, 0.15) is 182 Å². The van der Waals surface area contributed by atoms with Crippen molar-refractivity contribution in [3.05, 3.63) is 11.6 Å². The van der Waals surface area contributed by atoms with E-state index >= 15 is 0 Å². The summed E-state index contributed by atoms with van der Waals surface area (Å²) in [6, 6.07) is 0. The van der Waals surface area contributed by atoms with Crippen LogP contribution >= 0.6 is 0 Å². The highest BCUT2D eigenvalue weighted by molar-refractivity contribution is 5.23. The van der Waals surface area contributed by atoms with Crippen LogP contribution < -0.4 is 0 Å². The molecule has 0 heterocycles. The van der Waals surface area contributed by atoms with E-state index in [1.54, 1.807) is 0 Å². The molecule has 2 aliphatic carbocycles. The maximum absolute atomic E-state index is 2.66. The lowest BCUT2D eigenvalue weighted by atomic mass is 9.72. The zero-order valence-corrected chi connectivity index (χ0v) is 25.8. The van der Waals surface area contributed by atoms with Crippen LogP contribution in [-0.2, 0) is 0 Å². The summed E-state index contributed by atoms with van der Waals surface area (Å²) in [5, 5.41) is 0. The fourth-order valence-electron chi connectivity index (χ4n) is 7.56. The van der Waals surface area contributed by atoms with Crippen molar-refractivity contribution < 1.29 is 0 Å². The highest BCUT2D eigenvalue weighted by Gasteiger charge is 2.29. The molecule has 0 heteroatoms. The van der Waals surface area contributed by atoms with Gasteiger partial charge in [0.05, 0.1) is 0 Å². The van der Waals surface area contributed by atoms with Crippen molar-refractivity contribution in [2.45, 2.75) is 182 Å². The molecular formula is C36H68. The van der Waals surface area contributed by atoms with Gasteiger partial charge in [0.2, 0.25) is 0 Å². The van der Waals surface area contributed by atoms with Gasteiger partial charge in [-0.05, 0) is 61.2 Å². The average molecular weight is 501 g/mol. The number of hydrogen-bond donors (Lipinski definition) is 0. The first kappa shape index (κ1) is 32.0. The second-order valence-corrected chi connectivity index (χ2v) is 13.7. The topological polar surface area (TPSA) is 0 Å². The Morgan fingerprint density at radius 3 is 1.92 bits per heavy atom. The minimum atomic E-state index is 0.820. The fourth-order valence-corrected chi connectivity index (χ4v) is 7.56. The van der Waals surface area contributed by atoms with E-state index in [9.17, 15) is 0 Å². The summed E-state index contributed by atoms with van der Waals surface area (Å²) < 4.78 is 0. The van der Waals surface area contributed by atoms with Crippen LogP contribution in [0.25, 0.3) is 0 Å². The van der Waals surface area contributed by atoms with Gasteiger partial charge < -0.3 is 0 Å². The number of hydrogen-bond acceptors (Lipinski definition) is 0. The lowest BCUT2D eigenvalue weighted by Crippen LogP contribution is -2.23. The van der Waals surface area contributed by atoms with Crippen molar-refractivity contribution in [1.29, 1.82) is 0 Å². The molecule has 0 aliphatic heterocycles. The van der Waals surface area contributed by atoms with Crippen molar-refractivity contribution >= 4 is 0 Å². The monoisotopic (exact) mass is 501 g/mol. The van der Waals surface area contributed by atoms with E-state index in [-0.39, 0.29) is 0 Å². The predicted molar refractivity (Wildman–Crippen MR) is 164 cm³/mol. The Labute approximate surface area is 229 Å². The van der Waals surface area contributed by atoms with Crippen LogP contribution in [-0.4, -0.2) is 0 Å². The smallest absolute Gasteiger partial charge is 0.0166 e. The molecule has 0 radical (unpaired) electrons. The largest absolute Gasteiger partial charge is 0.0822 e. The van der Waals surface area contributed by atoms with Gasteiger partial charge in [-0.1, -0.05) is 168 Å². The molecular weight excluding hydrogens is 432 g/mol. The predicted octanol–water partition coefficient (Wildman–Crippen LogP) is 12.7. The van der Waals surface area contributed by atoms with E-state index in [0.717, 1.165) is 35.5 Å². The molecule has 1 saturated carbocycles. The zero-order chi connectivity index (χ0) is 26.0. The van der Waals surface area contributed by atoms with Crippen LogP contribution in [0.5, 0.6) is 0 Å². The summed E-state index contributed by atoms with van der Waals surface area (Å²) >= 11 is 0. The lowest BCUT2D eigenvalue weighted by molar-refractivity contribution is 0.175. The van der Waals surface area contributed by atoms with Gasteiger partial charge in [-0.25, -0.2) is 0 Å². The molecule has 0 aromatic rings. The Morgan fingerprint density at radius 1 is 0.667 bits per heavy atom. The average Bonchev–Trinajstić information content (AvgIpc) is 3.59. The van der Waals surface area contributed by atoms with E-state index in [4.69, 9.17) is 0 Å². The van der Waals surface area contributed by atoms with Crippen LogP contribution in [0.4, 0.5) is 0 Å². The summed E-state index contributed by atoms with van der Waals surface area (Å²) in [5.41, 5.74) is 1.82. The Hall–Kier alpha value is -0.260. The summed E-state index contributed by atoms with van der Waals surface area (Å²) in [5.74, 6) is 5.60. The van der Waals surface area contributed by atoms with E-state index < -0.39 is 0 Å². The van der Waals surface area contributed by atoms with Crippen LogP contribution in [0.3, 0.4) is 0 Å². The minimum absolute atomic E-state index is 0.820. The van der Waals surface area contributed by atoms with Gasteiger partial charge >= 0.3 is 0 Å². The molecule has 0 bridgehead atoms. The maximum Gasteiger partial charge on any atom is -0.0166 e. The number of rotatable bonds is 5. The molecule has 0 nitrogen and oxygen atoms in total. The molecule has 0 spiro atoms. The van der Waals surface area contributed by atoms with Gasteiger partial charge in [0.25, 0.3) is 0 Å². The van der Waals surface area contributed by atoms with E-state index in [1.807, 2.05) is 5.57 Å². The second-order valence-electron chi connectivity index (χ2n) is 13.7. The molecule has 1 fully saturated rings. The van der Waals surface area contributed by atoms with Crippen molar-refractivity contribution in [2.24, 2.45) is 35.5 Å². The van der Waals surface area contributed by atoms with Crippen molar-refractivity contribution in [2.75, 3.05) is 0 Å². The van der Waals surface area contributed by atoms with E-state index in [1.165, 1.54) is 148 Å². The first-order valence-corrected chi connectivity index (χ1v) is 17.3. The first-order chi connectivity index (χ1) is 17.5. The molecule has 0 saturated heterocycles. The van der Waals surface area contributed by atoms with Gasteiger partial charge in [0.15, 0.2) is 0 Å². The summed E-state index contributed by atoms with van der Waals surface area (Å²) in [7, 11) is 0. The third-order valence-electron chi connectivity index (χ3n) is 10.1. The maximum atomic E-state index is 2.66. The third kappa shape index (κ3) is 14.0. The minimum Gasteiger partial charge on any atom is -0.0822 e. The van der Waals surface area contributed by atoms with Gasteiger partial charge in [0.1, 0.15) is 0 Å². The molecule has 36 heavy (non-hydrogen) atoms. The highest BCUT2D eigenvalue weighted by atomic mass is 14.3. The second kappa shape index (κ2) is 19.8. The highest BCUT2D eigenvalue weighted by Crippen LogP contribution is 2.43. The molecule has 2 rings (SSSR count). The standard InChI is InChI=1S/C36H68/c1-6-20-32(5)36-27-26-30(3)22-17-15-19-25-34-29-35(34)28-31(4)23-16-13-11-9-8-10-12-14-18-24-33(36)21-7-2/h28,30-34,36H,6-27,29H2,1-5H3. The zero-order valence-electron chi connectivity index (χ0n) is 25.8. The van der Waals surface area contributed by atoms with Gasteiger partial charge in [-0.15, -0.1) is 0 Å². The van der Waals surface area contributed by atoms with Crippen LogP contribution in [0.2, 0.25) is 0 Å². The Balaban J connectivity index is 1.87. The van der Waals surface area contributed by atoms with E-state index in [0.29, 0.717) is 0 Å².